The molecule has 41 valence electrons. The molecule has 8 heavy (non-hydrogen) atoms. The van der Waals surface area contributed by atoms with Crippen molar-refractivity contribution in [3.05, 3.63) is 6.20 Å². The van der Waals surface area contributed by atoms with Gasteiger partial charge >= 0.3 is 6.47 Å². The summed E-state index contributed by atoms with van der Waals surface area (Å²) in [6.45, 7) is 1.20. The average Bonchev–Trinajstić information content (AvgIpc) is 2.19. The third-order valence-corrected chi connectivity index (χ3v) is 0.541. The number of nitrogens with one attached hydrogen (secondary N) is 1. The molecule has 0 fully saturated rings. The molecule has 0 spiro atoms. The average molecular weight is 112 g/mol. The second-order valence-corrected chi connectivity index (χ2v) is 0.997. The molecule has 5 heteroatoms. The van der Waals surface area contributed by atoms with Gasteiger partial charge in [0.2, 0.25) is 0 Å². The van der Waals surface area contributed by atoms with Gasteiger partial charge in [-0.05, 0) is 0 Å². The Morgan fingerprint density at radius 1 is 1.88 bits per heavy atom. The number of nitrogens with zero attached hydrogens (tertiary/aromatic N) is 2. The molecule has 0 amide bonds. The molecule has 1 heterocycles. The van der Waals surface area contributed by atoms with E-state index in [1.165, 1.54) is 12.7 Å². The van der Waals surface area contributed by atoms with Crippen molar-refractivity contribution in [3.8, 4) is 5.88 Å². The summed E-state index contributed by atoms with van der Waals surface area (Å²) in [5, 5.41) is 8.93. The predicted molar refractivity (Wildman–Crippen MR) is 22.7 cm³/mol. The lowest BCUT2D eigenvalue weighted by molar-refractivity contribution is 0.432. The number of hydrogen-bond acceptors (Lipinski definition) is 4. The first-order valence-corrected chi connectivity index (χ1v) is 1.84. The quantitative estimate of drug-likeness (QED) is 0.546. The van der Waals surface area contributed by atoms with Gasteiger partial charge in [-0.25, -0.2) is 4.79 Å². The topological polar surface area (TPSA) is 67.9 Å². The predicted octanol–water partition coefficient (Wildman–Crippen LogP) is -0.749. The first-order valence-electron chi connectivity index (χ1n) is 1.84. The third kappa shape index (κ3) is 0.810. The first-order chi connectivity index (χ1) is 3.93. The molecule has 1 N–H and O–H groups in total. The number of H-pyrrole nitrogens is 1. The van der Waals surface area contributed by atoms with Gasteiger partial charge in [-0.15, -0.1) is 0 Å². The summed E-state index contributed by atoms with van der Waals surface area (Å²) < 4.78 is 4.14. The molecule has 5 nitrogen and oxygen atoms in total. The Morgan fingerprint density at radius 3 is 3.25 bits per heavy atom. The Bertz CT molecular complexity index is 159. The number of ether oxygens (including phenoxy) is 1. The Labute approximate surface area is 44.7 Å². The smallest absolute Gasteiger partial charge is 0.396 e. The van der Waals surface area contributed by atoms with E-state index in [1.54, 1.807) is 0 Å². The fraction of sp³-hybridized carbons (Fsp3) is 0. The van der Waals surface area contributed by atoms with Crippen LogP contribution in [-0.2, 0) is 4.79 Å². The van der Waals surface area contributed by atoms with Crippen LogP contribution in [0.3, 0.4) is 0 Å². The van der Waals surface area contributed by atoms with Gasteiger partial charge in [-0.1, -0.05) is 10.3 Å². The minimum absolute atomic E-state index is 0.125. The molecule has 0 saturated heterocycles. The summed E-state index contributed by atoms with van der Waals surface area (Å²) in [4.78, 5) is 9.44. The zero-order chi connectivity index (χ0) is 5.82. The summed E-state index contributed by atoms with van der Waals surface area (Å²) in [6, 6.07) is 0. The zero-order valence-electron chi connectivity index (χ0n) is 3.79. The van der Waals surface area contributed by atoms with Crippen LogP contribution in [0.4, 0.5) is 0 Å². The number of aromatic nitrogens is 3. The Balaban J connectivity index is 2.62. The molecule has 0 atom stereocenters. The number of hydrogen-bond donors (Lipinski definition) is 1. The Kier molecular flexibility index (Phi) is 1.23. The van der Waals surface area contributed by atoms with Crippen molar-refractivity contribution < 1.29 is 9.53 Å². The fourth-order valence-electron chi connectivity index (χ4n) is 0.284. The zero-order valence-corrected chi connectivity index (χ0v) is 3.79. The maximum absolute atomic E-state index is 9.44. The van der Waals surface area contributed by atoms with Crippen LogP contribution in [0.15, 0.2) is 6.20 Å². The van der Waals surface area contributed by atoms with Gasteiger partial charge in [0.05, 0.1) is 6.20 Å². The van der Waals surface area contributed by atoms with Crippen molar-refractivity contribution in [2.75, 3.05) is 0 Å². The van der Waals surface area contributed by atoms with Crippen molar-refractivity contribution in [2.45, 2.75) is 0 Å². The van der Waals surface area contributed by atoms with E-state index in [2.05, 4.69) is 20.1 Å². The first kappa shape index (κ1) is 4.76. The number of carbonyl (C=O) groups excluding carboxylic acids is 1. The molecule has 1 aromatic rings. The minimum atomic E-state index is 0.125. The monoisotopic (exact) mass is 112 g/mol. The van der Waals surface area contributed by atoms with Crippen molar-refractivity contribution in [3.63, 3.8) is 0 Å². The Hall–Kier alpha value is -1.39. The highest BCUT2D eigenvalue weighted by Gasteiger charge is 1.91. The highest BCUT2D eigenvalue weighted by Crippen LogP contribution is 1.95. The van der Waals surface area contributed by atoms with Crippen LogP contribution in [0.5, 0.6) is 5.88 Å². The minimum Gasteiger partial charge on any atom is -0.396 e. The van der Waals surface area contributed by atoms with Crippen LogP contribution in [0.2, 0.25) is 0 Å². The largest absolute Gasteiger partial charge is 0.424 e. The molecule has 0 aliphatic carbocycles. The van der Waals surface area contributed by atoms with Gasteiger partial charge in [0.25, 0.3) is 5.88 Å². The number of rotatable bonds is 2. The van der Waals surface area contributed by atoms with Crippen molar-refractivity contribution >= 4 is 6.47 Å². The van der Waals surface area contributed by atoms with Gasteiger partial charge in [0, 0.05) is 0 Å². The van der Waals surface area contributed by atoms with Crippen LogP contribution in [-0.4, -0.2) is 21.9 Å². The second kappa shape index (κ2) is 2.06. The van der Waals surface area contributed by atoms with Gasteiger partial charge in [-0.2, -0.15) is 0 Å². The van der Waals surface area contributed by atoms with Crippen LogP contribution in [0, 0.1) is 0 Å². The molecule has 1 radical (unpaired) electrons. The maximum Gasteiger partial charge on any atom is 0.424 e. The fourth-order valence-corrected chi connectivity index (χ4v) is 0.284. The Morgan fingerprint density at radius 2 is 2.75 bits per heavy atom. The van der Waals surface area contributed by atoms with Crippen LogP contribution in [0.1, 0.15) is 0 Å². The summed E-state index contributed by atoms with van der Waals surface area (Å²) in [5.74, 6) is 0.125. The van der Waals surface area contributed by atoms with E-state index in [0.717, 1.165) is 0 Å². The normalized spacial score (nSPS) is 8.50. The molecular formula is C3H2N3O2. The van der Waals surface area contributed by atoms with E-state index >= 15 is 0 Å². The van der Waals surface area contributed by atoms with Crippen LogP contribution >= 0.6 is 0 Å². The lowest BCUT2D eigenvalue weighted by Crippen LogP contribution is -1.86. The molecule has 1 rings (SSSR count). The van der Waals surface area contributed by atoms with E-state index in [0.29, 0.717) is 0 Å². The molecule has 0 aromatic carbocycles. The van der Waals surface area contributed by atoms with E-state index in [9.17, 15) is 4.79 Å². The van der Waals surface area contributed by atoms with E-state index < -0.39 is 0 Å². The molecule has 0 bridgehead atoms. The van der Waals surface area contributed by atoms with E-state index in [1.807, 2.05) is 0 Å². The van der Waals surface area contributed by atoms with E-state index in [4.69, 9.17) is 0 Å². The molecule has 0 aliphatic heterocycles. The summed E-state index contributed by atoms with van der Waals surface area (Å²) in [7, 11) is 0. The summed E-state index contributed by atoms with van der Waals surface area (Å²) in [6.07, 6.45) is 1.34. The van der Waals surface area contributed by atoms with Gasteiger partial charge in [-0.3, -0.25) is 5.10 Å². The summed E-state index contributed by atoms with van der Waals surface area (Å²) in [5.41, 5.74) is 0. The lowest BCUT2D eigenvalue weighted by atomic mass is 10.9. The molecule has 0 aliphatic rings. The lowest BCUT2D eigenvalue weighted by Gasteiger charge is -1.79. The highest BCUT2D eigenvalue weighted by atomic mass is 16.5. The van der Waals surface area contributed by atoms with Gasteiger partial charge in [0.15, 0.2) is 0 Å². The van der Waals surface area contributed by atoms with Crippen LogP contribution < -0.4 is 4.74 Å². The van der Waals surface area contributed by atoms with Crippen LogP contribution in [0.25, 0.3) is 0 Å². The molecular weight excluding hydrogens is 110 g/mol. The van der Waals surface area contributed by atoms with Crippen molar-refractivity contribution in [1.29, 1.82) is 0 Å². The SMILES string of the molecule is O=[C]Oc1c[nH]nn1. The third-order valence-electron chi connectivity index (χ3n) is 0.541. The standard InChI is InChI=1S/C3H2N3O2/c7-2-8-3-1-4-6-5-3/h1H,(H,4,5,6). The second-order valence-electron chi connectivity index (χ2n) is 0.997. The molecule has 1 aromatic heterocycles. The summed E-state index contributed by atoms with van der Waals surface area (Å²) >= 11 is 0. The molecule has 0 unspecified atom stereocenters. The van der Waals surface area contributed by atoms with E-state index in [-0.39, 0.29) is 5.88 Å². The number of aromatic amines is 1. The highest BCUT2D eigenvalue weighted by molar-refractivity contribution is 5.43. The maximum atomic E-state index is 9.44. The van der Waals surface area contributed by atoms with Gasteiger partial charge < -0.3 is 4.74 Å². The molecule has 0 saturated carbocycles. The van der Waals surface area contributed by atoms with Crippen molar-refractivity contribution in [1.82, 2.24) is 15.4 Å². The van der Waals surface area contributed by atoms with Gasteiger partial charge in [0.1, 0.15) is 0 Å². The van der Waals surface area contributed by atoms with Crippen molar-refractivity contribution in [2.24, 2.45) is 0 Å².